The van der Waals surface area contributed by atoms with Gasteiger partial charge in [-0.15, -0.1) is 0 Å². The summed E-state index contributed by atoms with van der Waals surface area (Å²) in [6, 6.07) is 0. The number of esters is 1. The van der Waals surface area contributed by atoms with Gasteiger partial charge in [0.05, 0.1) is 70.0 Å². The third-order valence-electron chi connectivity index (χ3n) is 29.2. The molecule has 4 saturated carbocycles. The SMILES string of the molecule is C[C@@H]1O[C@@H](O[C@H]2[C@H](O)[C@@H](O)[C@H](OC[C@H]3O[C@@H](OC(=O)[C@]45CCC(C)(C)C[C@H]4C4=CC[C@@H]6[C@@]7(C)CC[C@H](O[C@@H]8OC[C@H](O)[C@H](O)[C@H]8O[C@@H]8O[C@@H](C)[C@H](O)[C@@H](O[C@@H]9OC[C@@H](O[C@@H]%10O[C@H](CO)[C@@H](O[C@@H]%11O[C@H](CO)[C@@H](O)[C@H](O)[C@H]%11O)[C@H](O)[C@H]%10O)[C@@H](O)[C@H]9O)[C@H]8O)[C@@](C)(CO)[C@@H]7CC[C@@]6(C)[C@]4(C)CC5)[C@H](O)[C@@H](O)[C@@H]3O)O[C@@H]2CO)[C@H](O)[C@H](O)[C@H]1O. The predicted molar refractivity (Wildman–Crippen MR) is 380 cm³/mol. The van der Waals surface area contributed by atoms with Crippen molar-refractivity contribution >= 4 is 5.97 Å². The van der Waals surface area contributed by atoms with Crippen LogP contribution in [0, 0.1) is 50.2 Å². The number of fused-ring (bicyclic) bond motifs is 7. The lowest BCUT2D eigenvalue weighted by atomic mass is 9.33. The lowest BCUT2D eigenvalue weighted by Crippen LogP contribution is -2.67. The van der Waals surface area contributed by atoms with Gasteiger partial charge >= 0.3 is 5.97 Å². The maximum atomic E-state index is 15.4. The Kier molecular flexibility index (Phi) is 27.8. The normalized spacial score (nSPS) is 55.1. The fourth-order valence-electron chi connectivity index (χ4n) is 21.7. The van der Waals surface area contributed by atoms with Crippen LogP contribution in [0.4, 0.5) is 0 Å². The molecule has 5 aliphatic carbocycles. The van der Waals surface area contributed by atoms with Crippen LogP contribution in [0.2, 0.25) is 0 Å². The number of ether oxygens (including phenoxy) is 16. The van der Waals surface area contributed by atoms with Gasteiger partial charge in [-0.25, -0.2) is 0 Å². The fourth-order valence-corrected chi connectivity index (χ4v) is 21.7. The van der Waals surface area contributed by atoms with Crippen molar-refractivity contribution in [3.8, 4) is 0 Å². The highest BCUT2D eigenvalue weighted by atomic mass is 16.8. The van der Waals surface area contributed by atoms with Gasteiger partial charge in [0.25, 0.3) is 0 Å². The zero-order chi connectivity index (χ0) is 84.4. The molecular weight excluding hydrogens is 1550 g/mol. The minimum absolute atomic E-state index is 0.0146. The van der Waals surface area contributed by atoms with E-state index in [0.29, 0.717) is 64.2 Å². The largest absolute Gasteiger partial charge is 0.432 e. The highest BCUT2D eigenvalue weighted by Gasteiger charge is 2.71. The Bertz CT molecular complexity index is 3310. The maximum absolute atomic E-state index is 15.4. The summed E-state index contributed by atoms with van der Waals surface area (Å²) in [5.74, 6) is -1.22. The number of hydrogen-bond donors (Lipinski definition) is 23. The molecule has 0 amide bonds. The molecule has 8 heterocycles. The van der Waals surface area contributed by atoms with E-state index in [1.54, 1.807) is 0 Å². The van der Waals surface area contributed by atoms with Crippen LogP contribution in [-0.2, 0) is 80.6 Å². The van der Waals surface area contributed by atoms with Gasteiger partial charge in [-0.1, -0.05) is 53.2 Å². The summed E-state index contributed by atoms with van der Waals surface area (Å²) in [6.07, 6.45) is -58.5. The Morgan fingerprint density at radius 2 is 0.922 bits per heavy atom. The third-order valence-corrected chi connectivity index (χ3v) is 29.2. The molecule has 668 valence electrons. The van der Waals surface area contributed by atoms with Gasteiger partial charge < -0.3 is 193 Å². The predicted octanol–water partition coefficient (Wildman–Crippen LogP) is -8.43. The molecule has 0 spiro atoms. The topological polar surface area (TPSA) is 630 Å². The van der Waals surface area contributed by atoms with E-state index in [1.807, 2.05) is 6.92 Å². The number of carbonyl (C=O) groups excluding carboxylic acids is 1. The van der Waals surface area contributed by atoms with E-state index in [2.05, 4.69) is 40.7 Å². The molecular formula is C76H124O40. The first-order valence-electron chi connectivity index (χ1n) is 40.6. The lowest BCUT2D eigenvalue weighted by Gasteiger charge is -2.71. The zero-order valence-corrected chi connectivity index (χ0v) is 66.1. The number of aliphatic hydroxyl groups excluding tert-OH is 23. The Hall–Kier alpha value is -2.31. The zero-order valence-electron chi connectivity index (χ0n) is 66.1. The second-order valence-corrected chi connectivity index (χ2v) is 36.5. The molecule has 0 aromatic carbocycles. The first-order valence-corrected chi connectivity index (χ1v) is 40.6. The summed E-state index contributed by atoms with van der Waals surface area (Å²) in [7, 11) is 0. The molecule has 13 rings (SSSR count). The molecule has 0 aromatic rings. The molecule has 13 aliphatic rings. The lowest BCUT2D eigenvalue weighted by molar-refractivity contribution is -0.386. The molecule has 116 heavy (non-hydrogen) atoms. The van der Waals surface area contributed by atoms with Gasteiger partial charge in [-0.2, -0.15) is 0 Å². The molecule has 40 heteroatoms. The van der Waals surface area contributed by atoms with Crippen LogP contribution in [0.1, 0.15) is 120 Å². The molecule has 12 fully saturated rings. The summed E-state index contributed by atoms with van der Waals surface area (Å²) >= 11 is 0. The van der Waals surface area contributed by atoms with Crippen LogP contribution in [-0.4, -0.2) is 409 Å². The molecule has 0 aromatic heterocycles. The van der Waals surface area contributed by atoms with Crippen LogP contribution in [0.5, 0.6) is 0 Å². The monoisotopic (exact) mass is 1680 g/mol. The van der Waals surface area contributed by atoms with E-state index in [0.717, 1.165) is 5.57 Å². The Labute approximate surface area is 669 Å². The highest BCUT2D eigenvalue weighted by Crippen LogP contribution is 2.76. The van der Waals surface area contributed by atoms with Crippen molar-refractivity contribution in [2.45, 2.75) is 359 Å². The Morgan fingerprint density at radius 3 is 1.55 bits per heavy atom. The first-order chi connectivity index (χ1) is 54.6. The highest BCUT2D eigenvalue weighted by molar-refractivity contribution is 5.79. The summed E-state index contributed by atoms with van der Waals surface area (Å²) in [5.41, 5.74) is -2.60. The number of aliphatic hydroxyl groups is 23. The summed E-state index contributed by atoms with van der Waals surface area (Å²) < 4.78 is 94.6. The van der Waals surface area contributed by atoms with Crippen LogP contribution in [0.15, 0.2) is 11.6 Å². The second-order valence-electron chi connectivity index (χ2n) is 36.5. The van der Waals surface area contributed by atoms with Crippen LogP contribution in [0.3, 0.4) is 0 Å². The summed E-state index contributed by atoms with van der Waals surface area (Å²) in [4.78, 5) is 15.4. The Morgan fingerprint density at radius 1 is 0.422 bits per heavy atom. The van der Waals surface area contributed by atoms with Crippen molar-refractivity contribution in [2.75, 3.05) is 46.2 Å². The van der Waals surface area contributed by atoms with E-state index >= 15 is 4.79 Å². The minimum Gasteiger partial charge on any atom is -0.432 e. The van der Waals surface area contributed by atoms with Gasteiger partial charge in [0.1, 0.15) is 171 Å². The van der Waals surface area contributed by atoms with E-state index in [-0.39, 0.29) is 29.8 Å². The Balaban J connectivity index is 0.646. The molecule has 40 nitrogen and oxygen atoms in total. The van der Waals surface area contributed by atoms with Crippen molar-refractivity contribution in [3.05, 3.63) is 11.6 Å². The van der Waals surface area contributed by atoms with Gasteiger partial charge in [-0.3, -0.25) is 4.79 Å². The standard InChI is InChI=1S/C76H124O40/c1-27-40(82)46(88)52(94)64(104-27)112-58-33(21-78)107-62(55(97)49(58)91)102-24-35-44(86)48(90)54(96)67(110-35)116-70(100)76-17-15-71(3,4)19-30(76)29-9-10-38-72(5)13-12-39(73(6,26-80)37(72)11-14-75(38,8)74(29,7)16-18-76)111-69-61(42(84)31(81)23-101-69)115-68-57(99)60(41(83)28(2)105-68)114-63-51(93)45(87)36(25-103-63)109-65-56(98)50(92)59(34(22-79)108-65)113-66-53(95)47(89)43(85)32(20-77)106-66/h9,27-28,30-69,77-99H,10-26H2,1-8H3/t27-,28-,30-,31-,32+,33+,34+,35+,36+,37+,38+,39-,40-,41-,42-,43+,44+,45+,46+,47-,48-,49+,50+,51+,52+,53+,54+,55+,56+,57+,58+,59+,60+,61+,62+,63-,64-,65-,66-,67-,68-,69-,72-,73-,74+,75+,76-/m0/s1. The van der Waals surface area contributed by atoms with Gasteiger partial charge in [0.2, 0.25) is 6.29 Å². The van der Waals surface area contributed by atoms with Crippen molar-refractivity contribution in [3.63, 3.8) is 0 Å². The van der Waals surface area contributed by atoms with Crippen LogP contribution in [0.25, 0.3) is 0 Å². The van der Waals surface area contributed by atoms with E-state index in [4.69, 9.17) is 75.8 Å². The van der Waals surface area contributed by atoms with E-state index in [1.165, 1.54) is 13.8 Å². The minimum atomic E-state index is -2.04. The van der Waals surface area contributed by atoms with Crippen molar-refractivity contribution in [1.82, 2.24) is 0 Å². The van der Waals surface area contributed by atoms with E-state index < -0.39 is 312 Å². The van der Waals surface area contributed by atoms with Gasteiger partial charge in [0, 0.05) is 5.41 Å². The second kappa shape index (κ2) is 35.3. The summed E-state index contributed by atoms with van der Waals surface area (Å²) in [5, 5.41) is 252. The number of allylic oxidation sites excluding steroid dienone is 2. The van der Waals surface area contributed by atoms with Crippen LogP contribution >= 0.6 is 0 Å². The molecule has 23 N–H and O–H groups in total. The molecule has 0 radical (unpaired) electrons. The van der Waals surface area contributed by atoms with Gasteiger partial charge in [-0.05, 0) is 117 Å². The molecule has 8 aliphatic heterocycles. The molecule has 8 saturated heterocycles. The van der Waals surface area contributed by atoms with Crippen LogP contribution < -0.4 is 0 Å². The number of rotatable bonds is 21. The van der Waals surface area contributed by atoms with Crippen molar-refractivity contribution < 1.29 is 198 Å². The average molecular weight is 1680 g/mol. The number of hydrogen-bond acceptors (Lipinski definition) is 40. The molecule has 0 bridgehead atoms. The third kappa shape index (κ3) is 16.2. The van der Waals surface area contributed by atoms with E-state index in [9.17, 15) is 117 Å². The number of carbonyl (C=O) groups is 1. The van der Waals surface area contributed by atoms with Crippen molar-refractivity contribution in [1.29, 1.82) is 0 Å². The molecule has 0 unspecified atom stereocenters. The van der Waals surface area contributed by atoms with Gasteiger partial charge in [0.15, 0.2) is 44.0 Å². The molecule has 47 atom stereocenters. The quantitative estimate of drug-likeness (QED) is 0.0288. The van der Waals surface area contributed by atoms with Crippen molar-refractivity contribution in [2.24, 2.45) is 50.2 Å². The average Bonchev–Trinajstić information content (AvgIpc) is 0.673. The first kappa shape index (κ1) is 91.4. The smallest absolute Gasteiger partial charge is 0.315 e. The maximum Gasteiger partial charge on any atom is 0.315 e. The summed E-state index contributed by atoms with van der Waals surface area (Å²) in [6.45, 7) is 11.3. The fraction of sp³-hybridized carbons (Fsp3) is 0.961.